The molecule has 0 saturated heterocycles. The zero-order valence-corrected chi connectivity index (χ0v) is 14.0. The Morgan fingerprint density at radius 2 is 2.13 bits per heavy atom. The van der Waals surface area contributed by atoms with E-state index in [2.05, 4.69) is 15.2 Å². The molecule has 3 aromatic rings. The molecule has 23 heavy (non-hydrogen) atoms. The van der Waals surface area contributed by atoms with Gasteiger partial charge in [0.15, 0.2) is 6.61 Å². The fourth-order valence-electron chi connectivity index (χ4n) is 1.84. The fraction of sp³-hybridized carbons (Fsp3) is 0.188. The first-order valence-corrected chi connectivity index (χ1v) is 8.30. The van der Waals surface area contributed by atoms with Crippen molar-refractivity contribution >= 4 is 23.4 Å². The topological polar surface area (TPSA) is 61.0 Å². The van der Waals surface area contributed by atoms with Crippen molar-refractivity contribution in [3.05, 3.63) is 64.8 Å². The molecule has 0 atom stereocenters. The van der Waals surface area contributed by atoms with Crippen molar-refractivity contribution in [1.82, 2.24) is 15.2 Å². The van der Waals surface area contributed by atoms with Crippen LogP contribution < -0.4 is 4.74 Å². The molecule has 3 rings (SSSR count). The Labute approximate surface area is 143 Å². The number of aromatic nitrogens is 3. The highest BCUT2D eigenvalue weighted by atomic mass is 35.5. The summed E-state index contributed by atoms with van der Waals surface area (Å²) in [5.41, 5.74) is 2.18. The first-order valence-electron chi connectivity index (χ1n) is 6.94. The third-order valence-electron chi connectivity index (χ3n) is 2.95. The molecule has 0 aliphatic heterocycles. The summed E-state index contributed by atoms with van der Waals surface area (Å²) >= 11 is 7.20. The molecular weight excluding hydrogens is 334 g/mol. The van der Waals surface area contributed by atoms with Crippen LogP contribution in [-0.4, -0.2) is 15.2 Å². The second-order valence-electron chi connectivity index (χ2n) is 4.84. The lowest BCUT2D eigenvalue weighted by molar-refractivity contribution is 0.252. The van der Waals surface area contributed by atoms with E-state index in [1.54, 1.807) is 12.3 Å². The van der Waals surface area contributed by atoms with Crippen molar-refractivity contribution in [3.8, 4) is 5.75 Å². The summed E-state index contributed by atoms with van der Waals surface area (Å²) in [4.78, 5) is 4.03. The van der Waals surface area contributed by atoms with Crippen molar-refractivity contribution in [2.45, 2.75) is 24.5 Å². The first-order chi connectivity index (χ1) is 11.2. The van der Waals surface area contributed by atoms with Gasteiger partial charge in [-0.05, 0) is 36.2 Å². The largest absolute Gasteiger partial charge is 0.484 e. The third-order valence-corrected chi connectivity index (χ3v) is 4.06. The van der Waals surface area contributed by atoms with E-state index < -0.39 is 0 Å². The molecule has 1 aromatic carbocycles. The molecule has 0 fully saturated rings. The van der Waals surface area contributed by atoms with Gasteiger partial charge in [-0.25, -0.2) is 4.98 Å². The van der Waals surface area contributed by atoms with Crippen molar-refractivity contribution in [2.24, 2.45) is 0 Å². The Kier molecular flexibility index (Phi) is 5.15. The van der Waals surface area contributed by atoms with E-state index in [9.17, 15) is 0 Å². The Morgan fingerprint density at radius 3 is 2.91 bits per heavy atom. The number of aryl methyl sites for hydroxylation is 1. The van der Waals surface area contributed by atoms with E-state index in [1.807, 2.05) is 37.3 Å². The molecule has 2 aromatic heterocycles. The fourth-order valence-corrected chi connectivity index (χ4v) is 2.67. The quantitative estimate of drug-likeness (QED) is 0.489. The number of ether oxygens (including phenoxy) is 1. The van der Waals surface area contributed by atoms with Crippen LogP contribution in [0.4, 0.5) is 0 Å². The van der Waals surface area contributed by atoms with E-state index in [-0.39, 0.29) is 6.61 Å². The first kappa shape index (κ1) is 15.8. The van der Waals surface area contributed by atoms with Gasteiger partial charge in [0.1, 0.15) is 10.9 Å². The van der Waals surface area contributed by atoms with Crippen LogP contribution >= 0.6 is 23.4 Å². The maximum Gasteiger partial charge on any atom is 0.277 e. The van der Waals surface area contributed by atoms with Gasteiger partial charge >= 0.3 is 0 Å². The van der Waals surface area contributed by atoms with Crippen molar-refractivity contribution in [2.75, 3.05) is 0 Å². The molecule has 0 saturated carbocycles. The molecule has 2 heterocycles. The zero-order chi connectivity index (χ0) is 16.1. The lowest BCUT2D eigenvalue weighted by atomic mass is 10.2. The maximum atomic E-state index is 5.75. The van der Waals surface area contributed by atoms with E-state index in [0.717, 1.165) is 16.9 Å². The summed E-state index contributed by atoms with van der Waals surface area (Å²) in [5.74, 6) is 1.91. The second kappa shape index (κ2) is 7.48. The smallest absolute Gasteiger partial charge is 0.277 e. The van der Waals surface area contributed by atoms with E-state index >= 15 is 0 Å². The third kappa shape index (κ3) is 4.71. The number of hydrogen-bond donors (Lipinski definition) is 0. The lowest BCUT2D eigenvalue weighted by Gasteiger charge is -2.03. The number of hydrogen-bond acceptors (Lipinski definition) is 6. The number of thioether (sulfide) groups is 1. The molecule has 0 radical (unpaired) electrons. The van der Waals surface area contributed by atoms with Gasteiger partial charge < -0.3 is 9.15 Å². The summed E-state index contributed by atoms with van der Waals surface area (Å²) in [6.45, 7) is 2.26. The van der Waals surface area contributed by atoms with Crippen molar-refractivity contribution in [3.63, 3.8) is 0 Å². The van der Waals surface area contributed by atoms with Crippen molar-refractivity contribution < 1.29 is 9.15 Å². The van der Waals surface area contributed by atoms with Crippen molar-refractivity contribution in [1.29, 1.82) is 0 Å². The summed E-state index contributed by atoms with van der Waals surface area (Å²) in [6, 6.07) is 11.5. The predicted molar refractivity (Wildman–Crippen MR) is 88.6 cm³/mol. The van der Waals surface area contributed by atoms with Gasteiger partial charge in [-0.3, -0.25) is 0 Å². The molecule has 7 heteroatoms. The Morgan fingerprint density at radius 1 is 1.22 bits per heavy atom. The number of halogens is 1. The summed E-state index contributed by atoms with van der Waals surface area (Å²) < 4.78 is 11.2. The van der Waals surface area contributed by atoms with Gasteiger partial charge in [-0.2, -0.15) is 0 Å². The molecule has 0 bridgehead atoms. The van der Waals surface area contributed by atoms with E-state index in [4.69, 9.17) is 20.8 Å². The van der Waals surface area contributed by atoms with Crippen LogP contribution in [0.25, 0.3) is 0 Å². The zero-order valence-electron chi connectivity index (χ0n) is 12.4. The van der Waals surface area contributed by atoms with Crippen LogP contribution in [0.2, 0.25) is 5.15 Å². The lowest BCUT2D eigenvalue weighted by Crippen LogP contribution is -1.95. The maximum absolute atomic E-state index is 5.75. The highest BCUT2D eigenvalue weighted by molar-refractivity contribution is 7.98. The monoisotopic (exact) mass is 347 g/mol. The summed E-state index contributed by atoms with van der Waals surface area (Å²) in [6.07, 6.45) is 1.73. The minimum absolute atomic E-state index is 0.250. The molecule has 0 unspecified atom stereocenters. The standard InChI is InChI=1S/C16H14ClN3O2S/c1-11-3-2-4-13(7-11)21-9-15-19-20-16(22-15)23-10-12-5-6-14(17)18-8-12/h2-8H,9-10H2,1H3. The summed E-state index contributed by atoms with van der Waals surface area (Å²) in [7, 11) is 0. The molecule has 118 valence electrons. The van der Waals surface area contributed by atoms with Gasteiger partial charge in [-0.1, -0.05) is 41.6 Å². The molecule has 0 amide bonds. The Bertz CT molecular complexity index is 777. The molecule has 5 nitrogen and oxygen atoms in total. The SMILES string of the molecule is Cc1cccc(OCc2nnc(SCc3ccc(Cl)nc3)o2)c1. The van der Waals surface area contributed by atoms with Crippen LogP contribution in [0, 0.1) is 6.92 Å². The molecule has 0 N–H and O–H groups in total. The molecule has 0 aliphatic rings. The molecule has 0 spiro atoms. The Balaban J connectivity index is 1.52. The normalized spacial score (nSPS) is 10.7. The number of rotatable bonds is 6. The van der Waals surface area contributed by atoms with Crippen LogP contribution in [0.15, 0.2) is 52.2 Å². The minimum atomic E-state index is 0.250. The van der Waals surface area contributed by atoms with Crippen LogP contribution in [-0.2, 0) is 12.4 Å². The Hall–Kier alpha value is -2.05. The summed E-state index contributed by atoms with van der Waals surface area (Å²) in [5, 5.41) is 8.96. The number of pyridine rings is 1. The predicted octanol–water partition coefficient (Wildman–Crippen LogP) is 4.30. The van der Waals surface area contributed by atoms with Crippen LogP contribution in [0.1, 0.15) is 17.0 Å². The molecule has 0 aliphatic carbocycles. The highest BCUT2D eigenvalue weighted by Gasteiger charge is 2.08. The second-order valence-corrected chi connectivity index (χ2v) is 6.16. The van der Waals surface area contributed by atoms with Crippen LogP contribution in [0.3, 0.4) is 0 Å². The van der Waals surface area contributed by atoms with Gasteiger partial charge in [0, 0.05) is 11.9 Å². The van der Waals surface area contributed by atoms with Gasteiger partial charge in [0.25, 0.3) is 11.1 Å². The van der Waals surface area contributed by atoms with Gasteiger partial charge in [-0.15, -0.1) is 10.2 Å². The van der Waals surface area contributed by atoms with Gasteiger partial charge in [0.2, 0.25) is 0 Å². The van der Waals surface area contributed by atoms with E-state index in [1.165, 1.54) is 11.8 Å². The average Bonchev–Trinajstić information content (AvgIpc) is 3.00. The highest BCUT2D eigenvalue weighted by Crippen LogP contribution is 2.22. The van der Waals surface area contributed by atoms with Gasteiger partial charge in [0.05, 0.1) is 0 Å². The average molecular weight is 348 g/mol. The number of benzene rings is 1. The van der Waals surface area contributed by atoms with E-state index in [0.29, 0.717) is 22.0 Å². The number of nitrogens with zero attached hydrogens (tertiary/aromatic N) is 3. The minimum Gasteiger partial charge on any atom is -0.484 e. The van der Waals surface area contributed by atoms with Crippen LogP contribution in [0.5, 0.6) is 5.75 Å². The molecular formula is C16H14ClN3O2S.